The molecule has 21 heavy (non-hydrogen) atoms. The molecular formula is C17H24N2O2. The first-order valence-electron chi connectivity index (χ1n) is 7.17. The highest BCUT2D eigenvalue weighted by molar-refractivity contribution is 5.72. The van der Waals surface area contributed by atoms with E-state index in [9.17, 15) is 4.79 Å². The van der Waals surface area contributed by atoms with E-state index in [-0.39, 0.29) is 12.5 Å². The predicted octanol–water partition coefficient (Wildman–Crippen LogP) is 2.89. The van der Waals surface area contributed by atoms with Crippen LogP contribution in [0.4, 0.5) is 0 Å². The summed E-state index contributed by atoms with van der Waals surface area (Å²) in [5.41, 5.74) is 2.50. The lowest BCUT2D eigenvalue weighted by molar-refractivity contribution is -0.155. The largest absolute Gasteiger partial charge is 0.459 e. The second-order valence-corrected chi connectivity index (χ2v) is 6.21. The molecule has 4 heteroatoms. The van der Waals surface area contributed by atoms with Gasteiger partial charge in [0.25, 0.3) is 0 Å². The fourth-order valence-electron chi connectivity index (χ4n) is 2.12. The molecule has 0 aliphatic rings. The fraction of sp³-hybridized carbons (Fsp3) is 0.529. The zero-order valence-corrected chi connectivity index (χ0v) is 13.6. The second kappa shape index (κ2) is 7.24. The molecule has 1 rings (SSSR count). The molecule has 0 amide bonds. The topological polar surface area (TPSA) is 53.3 Å². The molecule has 0 atom stereocenters. The van der Waals surface area contributed by atoms with Crippen molar-refractivity contribution in [3.63, 3.8) is 0 Å². The van der Waals surface area contributed by atoms with Crippen LogP contribution in [-0.2, 0) is 22.5 Å². The van der Waals surface area contributed by atoms with Crippen LogP contribution in [-0.4, -0.2) is 30.1 Å². The van der Waals surface area contributed by atoms with Crippen molar-refractivity contribution in [1.82, 2.24) is 4.90 Å². The number of aryl methyl sites for hydroxylation is 1. The Kier molecular flexibility index (Phi) is 5.92. The molecule has 0 saturated carbocycles. The molecule has 0 bridgehead atoms. The molecule has 0 aliphatic carbocycles. The lowest BCUT2D eigenvalue weighted by Gasteiger charge is -2.23. The van der Waals surface area contributed by atoms with Gasteiger partial charge in [0.15, 0.2) is 0 Å². The monoisotopic (exact) mass is 288 g/mol. The Balaban J connectivity index is 2.69. The number of hydrogen-bond acceptors (Lipinski definition) is 4. The van der Waals surface area contributed by atoms with Crippen LogP contribution in [0.1, 0.15) is 44.4 Å². The highest BCUT2D eigenvalue weighted by Crippen LogP contribution is 2.15. The van der Waals surface area contributed by atoms with E-state index in [1.54, 1.807) is 0 Å². The molecule has 1 aromatic carbocycles. The highest BCUT2D eigenvalue weighted by Gasteiger charge is 2.18. The van der Waals surface area contributed by atoms with Gasteiger partial charge in [0, 0.05) is 6.54 Å². The number of nitrogens with zero attached hydrogens (tertiary/aromatic N) is 2. The van der Waals surface area contributed by atoms with Gasteiger partial charge >= 0.3 is 5.97 Å². The average Bonchev–Trinajstić information content (AvgIpc) is 2.36. The van der Waals surface area contributed by atoms with Crippen molar-refractivity contribution in [3.8, 4) is 6.07 Å². The minimum atomic E-state index is -0.457. The number of carbonyl (C=O) groups excluding carboxylic acids is 1. The van der Waals surface area contributed by atoms with Gasteiger partial charge in [0.05, 0.1) is 18.2 Å². The summed E-state index contributed by atoms with van der Waals surface area (Å²) in [5, 5.41) is 8.94. The van der Waals surface area contributed by atoms with Gasteiger partial charge in [-0.15, -0.1) is 0 Å². The van der Waals surface area contributed by atoms with Crippen molar-refractivity contribution in [3.05, 3.63) is 34.9 Å². The van der Waals surface area contributed by atoms with Gasteiger partial charge in [0.2, 0.25) is 0 Å². The van der Waals surface area contributed by atoms with Crippen LogP contribution in [0.15, 0.2) is 18.2 Å². The fourth-order valence-corrected chi connectivity index (χ4v) is 2.12. The van der Waals surface area contributed by atoms with Gasteiger partial charge in [0.1, 0.15) is 5.60 Å². The molecule has 0 spiro atoms. The normalized spacial score (nSPS) is 11.3. The Morgan fingerprint density at radius 1 is 1.33 bits per heavy atom. The number of likely N-dealkylation sites (N-methyl/N-ethyl adjacent to an activating group) is 1. The Bertz CT molecular complexity index is 539. The molecule has 0 radical (unpaired) electrons. The number of ether oxygens (including phenoxy) is 1. The molecule has 0 fully saturated rings. The van der Waals surface area contributed by atoms with Crippen molar-refractivity contribution in [1.29, 1.82) is 5.26 Å². The van der Waals surface area contributed by atoms with Crippen molar-refractivity contribution < 1.29 is 9.53 Å². The number of nitriles is 1. The number of hydrogen-bond donors (Lipinski definition) is 0. The lowest BCUT2D eigenvalue weighted by Crippen LogP contribution is -2.32. The molecule has 0 aromatic heterocycles. The molecule has 0 aliphatic heterocycles. The molecule has 114 valence electrons. The van der Waals surface area contributed by atoms with Crippen molar-refractivity contribution >= 4 is 5.97 Å². The Hall–Kier alpha value is -1.86. The summed E-state index contributed by atoms with van der Waals surface area (Å²) in [5.74, 6) is -0.225. The first-order chi connectivity index (χ1) is 9.75. The van der Waals surface area contributed by atoms with E-state index in [1.165, 1.54) is 0 Å². The van der Waals surface area contributed by atoms with Gasteiger partial charge in [-0.25, -0.2) is 0 Å². The maximum Gasteiger partial charge on any atom is 0.320 e. The first-order valence-corrected chi connectivity index (χ1v) is 7.17. The van der Waals surface area contributed by atoms with Crippen LogP contribution in [0, 0.1) is 11.3 Å². The van der Waals surface area contributed by atoms with Crippen molar-refractivity contribution in [2.24, 2.45) is 0 Å². The van der Waals surface area contributed by atoms with E-state index >= 15 is 0 Å². The van der Waals surface area contributed by atoms with Crippen molar-refractivity contribution in [2.45, 2.75) is 46.3 Å². The first kappa shape index (κ1) is 17.2. The van der Waals surface area contributed by atoms with Crippen LogP contribution in [0.2, 0.25) is 0 Å². The van der Waals surface area contributed by atoms with E-state index in [1.807, 2.05) is 50.9 Å². The highest BCUT2D eigenvalue weighted by atomic mass is 16.6. The zero-order chi connectivity index (χ0) is 16.0. The molecular weight excluding hydrogens is 264 g/mol. The van der Waals surface area contributed by atoms with Gasteiger partial charge in [-0.3, -0.25) is 9.69 Å². The van der Waals surface area contributed by atoms with Gasteiger partial charge < -0.3 is 4.74 Å². The summed E-state index contributed by atoms with van der Waals surface area (Å²) >= 11 is 0. The molecule has 0 saturated heterocycles. The maximum atomic E-state index is 11.8. The zero-order valence-electron chi connectivity index (χ0n) is 13.6. The third-order valence-corrected chi connectivity index (χ3v) is 2.98. The van der Waals surface area contributed by atoms with Gasteiger partial charge in [-0.05, 0) is 57.5 Å². The molecule has 4 nitrogen and oxygen atoms in total. The summed E-state index contributed by atoms with van der Waals surface area (Å²) in [7, 11) is 1.89. The van der Waals surface area contributed by atoms with E-state index in [0.717, 1.165) is 17.5 Å². The van der Waals surface area contributed by atoms with Crippen LogP contribution >= 0.6 is 0 Å². The lowest BCUT2D eigenvalue weighted by atomic mass is 10.0. The number of benzene rings is 1. The maximum absolute atomic E-state index is 11.8. The van der Waals surface area contributed by atoms with Crippen molar-refractivity contribution in [2.75, 3.05) is 13.6 Å². The van der Waals surface area contributed by atoms with Crippen LogP contribution in [0.5, 0.6) is 0 Å². The SMILES string of the molecule is CCc1cc(C#N)ccc1CN(C)CC(=O)OC(C)(C)C. The standard InChI is InChI=1S/C17H24N2O2/c1-6-14-9-13(10-18)7-8-15(14)11-19(5)12-16(20)21-17(2,3)4/h7-9H,6,11-12H2,1-5H3. The van der Waals surface area contributed by atoms with E-state index < -0.39 is 5.60 Å². The van der Waals surface area contributed by atoms with E-state index in [0.29, 0.717) is 12.1 Å². The number of rotatable bonds is 5. The summed E-state index contributed by atoms with van der Waals surface area (Å²) in [6.07, 6.45) is 0.866. The molecule has 1 aromatic rings. The second-order valence-electron chi connectivity index (χ2n) is 6.21. The molecule has 0 unspecified atom stereocenters. The summed E-state index contributed by atoms with van der Waals surface area (Å²) in [6.45, 7) is 8.56. The Morgan fingerprint density at radius 3 is 2.52 bits per heavy atom. The number of carbonyl (C=O) groups is 1. The quantitative estimate of drug-likeness (QED) is 0.782. The van der Waals surface area contributed by atoms with E-state index in [2.05, 4.69) is 13.0 Å². The average molecular weight is 288 g/mol. The third-order valence-electron chi connectivity index (χ3n) is 2.98. The van der Waals surface area contributed by atoms with Crippen LogP contribution in [0.25, 0.3) is 0 Å². The van der Waals surface area contributed by atoms with Crippen LogP contribution in [0.3, 0.4) is 0 Å². The minimum Gasteiger partial charge on any atom is -0.459 e. The number of esters is 1. The molecule has 0 heterocycles. The Morgan fingerprint density at radius 2 is 2.00 bits per heavy atom. The van der Waals surface area contributed by atoms with Gasteiger partial charge in [-0.2, -0.15) is 5.26 Å². The Labute approximate surface area is 127 Å². The smallest absolute Gasteiger partial charge is 0.320 e. The summed E-state index contributed by atoms with van der Waals surface area (Å²) < 4.78 is 5.32. The van der Waals surface area contributed by atoms with Crippen LogP contribution < -0.4 is 0 Å². The summed E-state index contributed by atoms with van der Waals surface area (Å²) in [4.78, 5) is 13.7. The predicted molar refractivity (Wildman–Crippen MR) is 82.7 cm³/mol. The van der Waals surface area contributed by atoms with E-state index in [4.69, 9.17) is 10.00 Å². The minimum absolute atomic E-state index is 0.225. The summed E-state index contributed by atoms with van der Waals surface area (Å²) in [6, 6.07) is 7.84. The van der Waals surface area contributed by atoms with Gasteiger partial charge in [-0.1, -0.05) is 13.0 Å². The third kappa shape index (κ3) is 5.97. The molecule has 0 N–H and O–H groups in total.